The maximum absolute atomic E-state index is 13.3. The number of allylic oxidation sites excluding steroid dienone is 1. The summed E-state index contributed by atoms with van der Waals surface area (Å²) in [5.41, 5.74) is 1.65. The van der Waals surface area contributed by atoms with Crippen LogP contribution in [0.1, 0.15) is 74.2 Å². The second kappa shape index (κ2) is 10.4. The zero-order valence-corrected chi connectivity index (χ0v) is 27.3. The molecule has 0 spiro atoms. The molecule has 7 atom stereocenters. The van der Waals surface area contributed by atoms with Crippen molar-refractivity contribution in [2.45, 2.75) is 75.4 Å². The van der Waals surface area contributed by atoms with Gasteiger partial charge >= 0.3 is 5.97 Å². The summed E-state index contributed by atoms with van der Waals surface area (Å²) in [5, 5.41) is 16.3. The van der Waals surface area contributed by atoms with E-state index in [2.05, 4.69) is 25.6 Å². The lowest BCUT2D eigenvalue weighted by Crippen LogP contribution is -2.62. The molecule has 11 heteroatoms. The van der Waals surface area contributed by atoms with Gasteiger partial charge in [-0.05, 0) is 111 Å². The van der Waals surface area contributed by atoms with E-state index < -0.39 is 38.0 Å². The lowest BCUT2D eigenvalue weighted by Gasteiger charge is -2.61. The van der Waals surface area contributed by atoms with Crippen molar-refractivity contribution in [1.82, 2.24) is 9.78 Å². The van der Waals surface area contributed by atoms with E-state index in [0.717, 1.165) is 42.6 Å². The first kappa shape index (κ1) is 30.5. The summed E-state index contributed by atoms with van der Waals surface area (Å²) in [5.74, 6) is -0.491. The van der Waals surface area contributed by atoms with E-state index in [1.807, 2.05) is 17.8 Å². The monoisotopic (exact) mass is 650 g/mol. The number of nitrogens with zero attached hydrogens (tertiary/aromatic N) is 2. The quantitative estimate of drug-likeness (QED) is 0.266. The Morgan fingerprint density at radius 2 is 1.96 bits per heavy atom. The summed E-state index contributed by atoms with van der Waals surface area (Å²) in [7, 11) is -3.31. The fourth-order valence-corrected chi connectivity index (χ4v) is 10.8. The normalized spacial score (nSPS) is 33.8. The summed E-state index contributed by atoms with van der Waals surface area (Å²) < 4.78 is 37.2. The molecule has 0 saturated heterocycles. The van der Waals surface area contributed by atoms with Crippen LogP contribution in [0.2, 0.25) is 0 Å². The molecule has 0 radical (unpaired) electrons. The second-order valence-corrected chi connectivity index (χ2v) is 16.1. The zero-order valence-electron chi connectivity index (χ0n) is 25.6. The highest BCUT2D eigenvalue weighted by molar-refractivity contribution is 7.96. The molecule has 3 fully saturated rings. The maximum atomic E-state index is 13.3. The Hall–Kier alpha value is -3.15. The number of hydrogen-bond donors (Lipinski definition) is 2. The Balaban J connectivity index is 1.23. The van der Waals surface area contributed by atoms with E-state index in [1.54, 1.807) is 30.3 Å². The molecule has 7 rings (SSSR count). The number of aromatic nitrogens is 2. The smallest absolute Gasteiger partial charge is 0.375 e. The summed E-state index contributed by atoms with van der Waals surface area (Å²) in [6.45, 7) is 4.19. The van der Waals surface area contributed by atoms with E-state index in [1.165, 1.54) is 24.2 Å². The van der Waals surface area contributed by atoms with Gasteiger partial charge in [-0.25, -0.2) is 17.9 Å². The Morgan fingerprint density at radius 1 is 1.20 bits per heavy atom. The number of aliphatic hydroxyl groups excluding tert-OH is 1. The van der Waals surface area contributed by atoms with Crippen molar-refractivity contribution in [3.8, 4) is 5.69 Å². The molecule has 3 aromatic rings. The highest BCUT2D eigenvalue weighted by atomic mass is 32.2. The van der Waals surface area contributed by atoms with Crippen molar-refractivity contribution in [3.05, 3.63) is 71.4 Å². The van der Waals surface area contributed by atoms with Crippen molar-refractivity contribution in [1.29, 1.82) is 0 Å². The van der Waals surface area contributed by atoms with Gasteiger partial charge in [-0.15, -0.1) is 12.6 Å². The van der Waals surface area contributed by atoms with Gasteiger partial charge in [0.25, 0.3) is 0 Å². The predicted octanol–water partition coefficient (Wildman–Crippen LogP) is 5.46. The third-order valence-corrected chi connectivity index (χ3v) is 13.3. The first-order valence-electron chi connectivity index (χ1n) is 15.6. The topological polar surface area (TPSA) is 129 Å². The van der Waals surface area contributed by atoms with Gasteiger partial charge in [0.15, 0.2) is 15.4 Å². The molecule has 4 aliphatic carbocycles. The lowest BCUT2D eigenvalue weighted by molar-refractivity contribution is -0.176. The number of hydrogen-bond acceptors (Lipinski definition) is 8. The van der Waals surface area contributed by atoms with E-state index in [0.29, 0.717) is 19.3 Å². The third kappa shape index (κ3) is 4.36. The first-order chi connectivity index (χ1) is 21.3. The number of fused-ring (bicyclic) bond motifs is 6. The second-order valence-electron chi connectivity index (χ2n) is 13.7. The van der Waals surface area contributed by atoms with Gasteiger partial charge in [-0.2, -0.15) is 5.10 Å². The van der Waals surface area contributed by atoms with Gasteiger partial charge in [0.1, 0.15) is 0 Å². The van der Waals surface area contributed by atoms with Crippen molar-refractivity contribution in [3.63, 3.8) is 0 Å². The van der Waals surface area contributed by atoms with Crippen LogP contribution >= 0.6 is 12.6 Å². The molecule has 0 aliphatic heterocycles. The van der Waals surface area contributed by atoms with Gasteiger partial charge in [-0.3, -0.25) is 4.79 Å². The minimum atomic E-state index is -3.31. The molecular formula is C34H38N2O7S2. The van der Waals surface area contributed by atoms with E-state index in [9.17, 15) is 23.1 Å². The Labute approximate surface area is 268 Å². The lowest BCUT2D eigenvalue weighted by atomic mass is 9.44. The van der Waals surface area contributed by atoms with E-state index in [-0.39, 0.29) is 33.8 Å². The SMILES string of the molecule is CC[C@]12Cc3cnn(-c4ccc(S(C)(=O)=O)cc4)c3C=C1CC[C@@H]1[C@@H]2[C@@H](O)C[C@@]2(C)[C@H]1CC[C@]2(OC(=O)c1ccco1)C(=O)S. The van der Waals surface area contributed by atoms with Gasteiger partial charge < -0.3 is 14.3 Å². The number of benzene rings is 1. The van der Waals surface area contributed by atoms with E-state index >= 15 is 0 Å². The van der Waals surface area contributed by atoms with Crippen LogP contribution in [-0.4, -0.2) is 52.4 Å². The molecule has 0 amide bonds. The van der Waals surface area contributed by atoms with Crippen molar-refractivity contribution < 1.29 is 32.3 Å². The molecule has 9 nitrogen and oxygen atoms in total. The van der Waals surface area contributed by atoms with Crippen molar-refractivity contribution in [2.75, 3.05) is 6.26 Å². The summed E-state index contributed by atoms with van der Waals surface area (Å²) in [6.07, 6.45) is 10.7. The number of furan rings is 1. The Morgan fingerprint density at radius 3 is 2.60 bits per heavy atom. The number of ether oxygens (including phenoxy) is 1. The number of thiol groups is 1. The van der Waals surface area contributed by atoms with E-state index in [4.69, 9.17) is 14.3 Å². The molecule has 3 saturated carbocycles. The van der Waals surface area contributed by atoms with Crippen LogP contribution in [-0.2, 0) is 25.8 Å². The first-order valence-corrected chi connectivity index (χ1v) is 18.0. The standard InChI is InChI=1S/C34H38N2O7S2/c1-4-33-17-20-19-35-36(22-8-10-23(11-9-22)45(3,40)41)26(20)16-21(33)7-12-24-25-13-14-34(31(39)44,32(25,2)18-27(37)29(24)33)43-30(38)28-6-5-15-42-28/h5-6,8-11,15-16,19,24-25,27,29,37H,4,7,12-14,17-18H2,1-3H3,(H,39,44)/t24-,25-,27-,29+,32-,33-,34-/m0/s1. The average molecular weight is 651 g/mol. The van der Waals surface area contributed by atoms with Gasteiger partial charge in [0, 0.05) is 17.1 Å². The summed E-state index contributed by atoms with van der Waals surface area (Å²) >= 11 is 4.29. The summed E-state index contributed by atoms with van der Waals surface area (Å²) in [6, 6.07) is 9.89. The minimum Gasteiger partial charge on any atom is -0.457 e. The van der Waals surface area contributed by atoms with Crippen LogP contribution in [0.5, 0.6) is 0 Å². The van der Waals surface area contributed by atoms with Crippen LogP contribution in [0.25, 0.3) is 11.8 Å². The van der Waals surface area contributed by atoms with Crippen LogP contribution in [0.3, 0.4) is 0 Å². The van der Waals surface area contributed by atoms with Crippen LogP contribution in [0.4, 0.5) is 0 Å². The third-order valence-electron chi connectivity index (χ3n) is 11.8. The number of aliphatic hydroxyl groups is 1. The number of sulfone groups is 1. The number of carbonyl (C=O) groups is 2. The van der Waals surface area contributed by atoms with Gasteiger partial charge in [0.2, 0.25) is 10.9 Å². The molecule has 1 N–H and O–H groups in total. The van der Waals surface area contributed by atoms with Crippen LogP contribution in [0.15, 0.2) is 63.7 Å². The Kier molecular flexibility index (Phi) is 7.07. The van der Waals surface area contributed by atoms with Gasteiger partial charge in [0.05, 0.1) is 34.8 Å². The highest BCUT2D eigenvalue weighted by Gasteiger charge is 2.70. The molecule has 0 unspecified atom stereocenters. The van der Waals surface area contributed by atoms with Crippen molar-refractivity contribution in [2.24, 2.45) is 28.6 Å². The largest absolute Gasteiger partial charge is 0.457 e. The molecule has 2 heterocycles. The highest BCUT2D eigenvalue weighted by Crippen LogP contribution is 2.69. The fourth-order valence-electron chi connectivity index (χ4n) is 9.73. The molecule has 0 bridgehead atoms. The van der Waals surface area contributed by atoms with Gasteiger partial charge in [-0.1, -0.05) is 19.4 Å². The molecular weight excluding hydrogens is 613 g/mol. The molecule has 1 aromatic carbocycles. The zero-order chi connectivity index (χ0) is 31.9. The average Bonchev–Trinajstić information content (AvgIpc) is 3.74. The summed E-state index contributed by atoms with van der Waals surface area (Å²) in [4.78, 5) is 26.7. The number of rotatable bonds is 6. The van der Waals surface area contributed by atoms with Crippen LogP contribution in [0, 0.1) is 28.6 Å². The Bertz CT molecular complexity index is 1810. The maximum Gasteiger partial charge on any atom is 0.375 e. The molecule has 4 aliphatic rings. The fraction of sp³-hybridized carbons (Fsp3) is 0.500. The van der Waals surface area contributed by atoms with Crippen LogP contribution < -0.4 is 0 Å². The molecule has 238 valence electrons. The number of esters is 1. The van der Waals surface area contributed by atoms with Crippen molar-refractivity contribution >= 4 is 39.6 Å². The minimum absolute atomic E-state index is 0.0299. The predicted molar refractivity (Wildman–Crippen MR) is 170 cm³/mol. The molecule has 2 aromatic heterocycles. The number of carbonyl (C=O) groups excluding carboxylic acids is 2. The molecule has 45 heavy (non-hydrogen) atoms.